The van der Waals surface area contributed by atoms with Crippen LogP contribution < -0.4 is 16.0 Å². The van der Waals surface area contributed by atoms with Crippen molar-refractivity contribution in [2.24, 2.45) is 0 Å². The molecule has 0 atom stereocenters. The number of rotatable bonds is 2. The number of hydrogen-bond donors (Lipinski definition) is 3. The molecule has 3 N–H and O–H groups in total. The molecular formula is C15H12ClN3O2. The Balaban J connectivity index is 1.66. The number of carbonyl (C=O) groups excluding carboxylic acids is 2. The van der Waals surface area contributed by atoms with Gasteiger partial charge in [-0.25, -0.2) is 4.79 Å². The minimum atomic E-state index is -0.352. The number of carbonyl (C=O) groups is 2. The van der Waals surface area contributed by atoms with E-state index in [9.17, 15) is 9.59 Å². The second-order valence-electron chi connectivity index (χ2n) is 4.68. The Morgan fingerprint density at radius 1 is 1.05 bits per heavy atom. The first kappa shape index (κ1) is 13.5. The van der Waals surface area contributed by atoms with Crippen LogP contribution in [0.4, 0.5) is 21.9 Å². The Bertz CT molecular complexity index is 713. The molecule has 1 aliphatic rings. The van der Waals surface area contributed by atoms with Gasteiger partial charge in [-0.05, 0) is 48.0 Å². The van der Waals surface area contributed by atoms with Crippen LogP contribution in [0.2, 0.25) is 5.02 Å². The van der Waals surface area contributed by atoms with E-state index in [0.29, 0.717) is 22.8 Å². The van der Waals surface area contributed by atoms with Crippen LogP contribution in [-0.2, 0) is 11.2 Å². The van der Waals surface area contributed by atoms with Crippen LogP contribution in [0, 0.1) is 0 Å². The Labute approximate surface area is 126 Å². The summed E-state index contributed by atoms with van der Waals surface area (Å²) >= 11 is 5.78. The van der Waals surface area contributed by atoms with Crippen molar-refractivity contribution < 1.29 is 9.59 Å². The Morgan fingerprint density at radius 3 is 2.48 bits per heavy atom. The number of nitrogens with one attached hydrogen (secondary N) is 3. The molecule has 0 radical (unpaired) electrons. The van der Waals surface area contributed by atoms with E-state index in [1.807, 2.05) is 0 Å². The van der Waals surface area contributed by atoms with Crippen LogP contribution in [0.3, 0.4) is 0 Å². The van der Waals surface area contributed by atoms with E-state index in [1.54, 1.807) is 42.5 Å². The van der Waals surface area contributed by atoms with Crippen LogP contribution in [0.1, 0.15) is 5.56 Å². The van der Waals surface area contributed by atoms with E-state index in [4.69, 9.17) is 11.6 Å². The fourth-order valence-corrected chi connectivity index (χ4v) is 2.26. The van der Waals surface area contributed by atoms with Gasteiger partial charge in [0.25, 0.3) is 0 Å². The summed E-state index contributed by atoms with van der Waals surface area (Å²) < 4.78 is 0. The number of fused-ring (bicyclic) bond motifs is 1. The van der Waals surface area contributed by atoms with Gasteiger partial charge >= 0.3 is 6.03 Å². The van der Waals surface area contributed by atoms with Crippen molar-refractivity contribution in [1.82, 2.24) is 0 Å². The normalized spacial score (nSPS) is 12.5. The zero-order chi connectivity index (χ0) is 14.8. The summed E-state index contributed by atoms with van der Waals surface area (Å²) in [6.07, 6.45) is 0.337. The van der Waals surface area contributed by atoms with Crippen molar-refractivity contribution in [1.29, 1.82) is 0 Å². The molecule has 6 heteroatoms. The van der Waals surface area contributed by atoms with Crippen LogP contribution in [0.5, 0.6) is 0 Å². The average molecular weight is 302 g/mol. The standard InChI is InChI=1S/C15H12ClN3O2/c16-10-1-3-11(4-2-10)17-15(21)18-12-5-6-13-9(7-12)8-14(20)19-13/h1-7H,8H2,(H,19,20)(H2,17,18,21). The molecule has 0 fully saturated rings. The first-order chi connectivity index (χ1) is 10.1. The predicted octanol–water partition coefficient (Wildman–Crippen LogP) is 3.48. The molecule has 3 rings (SSSR count). The monoisotopic (exact) mass is 301 g/mol. The first-order valence-corrected chi connectivity index (χ1v) is 6.74. The molecule has 0 aromatic heterocycles. The highest BCUT2D eigenvalue weighted by atomic mass is 35.5. The second kappa shape index (κ2) is 5.46. The molecule has 1 heterocycles. The SMILES string of the molecule is O=C1Cc2cc(NC(=O)Nc3ccc(Cl)cc3)ccc2N1. The summed E-state index contributed by atoms with van der Waals surface area (Å²) in [7, 11) is 0. The van der Waals surface area contributed by atoms with Gasteiger partial charge in [-0.15, -0.1) is 0 Å². The van der Waals surface area contributed by atoms with Gasteiger partial charge in [-0.3, -0.25) is 4.79 Å². The number of urea groups is 1. The van der Waals surface area contributed by atoms with Gasteiger partial charge in [0.15, 0.2) is 0 Å². The molecule has 0 saturated heterocycles. The van der Waals surface area contributed by atoms with Crippen molar-refractivity contribution in [2.75, 3.05) is 16.0 Å². The van der Waals surface area contributed by atoms with Crippen LogP contribution in [0.15, 0.2) is 42.5 Å². The van der Waals surface area contributed by atoms with E-state index in [-0.39, 0.29) is 11.9 Å². The lowest BCUT2D eigenvalue weighted by Gasteiger charge is -2.09. The summed E-state index contributed by atoms with van der Waals surface area (Å²) in [4.78, 5) is 23.2. The van der Waals surface area contributed by atoms with E-state index in [1.165, 1.54) is 0 Å². The highest BCUT2D eigenvalue weighted by Crippen LogP contribution is 2.26. The van der Waals surface area contributed by atoms with Gasteiger partial charge in [-0.1, -0.05) is 11.6 Å². The maximum Gasteiger partial charge on any atom is 0.323 e. The van der Waals surface area contributed by atoms with Crippen LogP contribution >= 0.6 is 11.6 Å². The molecular weight excluding hydrogens is 290 g/mol. The van der Waals surface area contributed by atoms with Crippen LogP contribution in [0.25, 0.3) is 0 Å². The quantitative estimate of drug-likeness (QED) is 0.795. The molecule has 5 nitrogen and oxygen atoms in total. The third-order valence-electron chi connectivity index (χ3n) is 3.09. The van der Waals surface area contributed by atoms with Crippen molar-refractivity contribution in [2.45, 2.75) is 6.42 Å². The maximum atomic E-state index is 11.9. The molecule has 2 aromatic carbocycles. The number of amides is 3. The zero-order valence-electron chi connectivity index (χ0n) is 10.9. The molecule has 0 unspecified atom stereocenters. The highest BCUT2D eigenvalue weighted by Gasteiger charge is 2.17. The van der Waals surface area contributed by atoms with Gasteiger partial charge in [0.1, 0.15) is 0 Å². The third-order valence-corrected chi connectivity index (χ3v) is 3.34. The highest BCUT2D eigenvalue weighted by molar-refractivity contribution is 6.30. The largest absolute Gasteiger partial charge is 0.326 e. The summed E-state index contributed by atoms with van der Waals surface area (Å²) in [5.41, 5.74) is 2.96. The molecule has 1 aliphatic heterocycles. The molecule has 0 aliphatic carbocycles. The summed E-state index contributed by atoms with van der Waals surface area (Å²) in [6.45, 7) is 0. The number of benzene rings is 2. The molecule has 0 bridgehead atoms. The minimum Gasteiger partial charge on any atom is -0.326 e. The fraction of sp³-hybridized carbons (Fsp3) is 0.0667. The maximum absolute atomic E-state index is 11.9. The van der Waals surface area contributed by atoms with E-state index < -0.39 is 0 Å². The van der Waals surface area contributed by atoms with Gasteiger partial charge in [-0.2, -0.15) is 0 Å². The topological polar surface area (TPSA) is 70.2 Å². The minimum absolute atomic E-state index is 0.0345. The lowest BCUT2D eigenvalue weighted by molar-refractivity contribution is -0.115. The number of anilines is 3. The van der Waals surface area contributed by atoms with E-state index >= 15 is 0 Å². The summed E-state index contributed by atoms with van der Waals surface area (Å²) in [6, 6.07) is 11.8. The second-order valence-corrected chi connectivity index (χ2v) is 5.12. The zero-order valence-corrected chi connectivity index (χ0v) is 11.7. The van der Waals surface area contributed by atoms with Crippen molar-refractivity contribution in [3.8, 4) is 0 Å². The summed E-state index contributed by atoms with van der Waals surface area (Å²) in [5, 5.41) is 8.78. The van der Waals surface area contributed by atoms with Gasteiger partial charge in [0.05, 0.1) is 6.42 Å². The molecule has 0 spiro atoms. The lowest BCUT2D eigenvalue weighted by Crippen LogP contribution is -2.19. The molecule has 106 valence electrons. The average Bonchev–Trinajstić information content (AvgIpc) is 2.80. The van der Waals surface area contributed by atoms with E-state index in [2.05, 4.69) is 16.0 Å². The Kier molecular flexibility index (Phi) is 3.50. The Morgan fingerprint density at radius 2 is 1.71 bits per heavy atom. The molecule has 21 heavy (non-hydrogen) atoms. The lowest BCUT2D eigenvalue weighted by atomic mass is 10.1. The van der Waals surface area contributed by atoms with Crippen molar-refractivity contribution in [3.63, 3.8) is 0 Å². The van der Waals surface area contributed by atoms with Gasteiger partial charge in [0.2, 0.25) is 5.91 Å². The number of hydrogen-bond acceptors (Lipinski definition) is 2. The van der Waals surface area contributed by atoms with Crippen molar-refractivity contribution in [3.05, 3.63) is 53.1 Å². The van der Waals surface area contributed by atoms with Crippen molar-refractivity contribution >= 4 is 40.6 Å². The van der Waals surface area contributed by atoms with Gasteiger partial charge in [0, 0.05) is 22.1 Å². The molecule has 2 aromatic rings. The summed E-state index contributed by atoms with van der Waals surface area (Å²) in [5.74, 6) is -0.0345. The smallest absolute Gasteiger partial charge is 0.323 e. The Hall–Kier alpha value is -2.53. The van der Waals surface area contributed by atoms with E-state index in [0.717, 1.165) is 11.3 Å². The first-order valence-electron chi connectivity index (χ1n) is 6.36. The van der Waals surface area contributed by atoms with Gasteiger partial charge < -0.3 is 16.0 Å². The molecule has 0 saturated carbocycles. The predicted molar refractivity (Wildman–Crippen MR) is 82.9 cm³/mol. The molecule has 3 amide bonds. The third kappa shape index (κ3) is 3.14. The fourth-order valence-electron chi connectivity index (χ4n) is 2.13. The number of halogens is 1. The van der Waals surface area contributed by atoms with Crippen LogP contribution in [-0.4, -0.2) is 11.9 Å².